The van der Waals surface area contributed by atoms with Crippen LogP contribution in [0.5, 0.6) is 0 Å². The molecule has 0 spiro atoms. The molecule has 0 saturated carbocycles. The molecule has 0 heterocycles. The molecule has 3 N–H and O–H groups in total. The maximum atomic E-state index is 10.8. The minimum absolute atomic E-state index is 0.0219. The number of hydrogen-bond acceptors (Lipinski definition) is 4. The lowest BCUT2D eigenvalue weighted by molar-refractivity contribution is -0.384. The molecule has 104 valence electrons. The summed E-state index contributed by atoms with van der Waals surface area (Å²) in [7, 11) is 0. The summed E-state index contributed by atoms with van der Waals surface area (Å²) >= 11 is 0. The van der Waals surface area contributed by atoms with E-state index in [4.69, 9.17) is 5.73 Å². The van der Waals surface area contributed by atoms with Crippen LogP contribution in [0.2, 0.25) is 0 Å². The van der Waals surface area contributed by atoms with E-state index < -0.39 is 4.92 Å². The molecule has 2 aromatic carbocycles. The molecule has 0 saturated heterocycles. The topological polar surface area (TPSA) is 81.2 Å². The van der Waals surface area contributed by atoms with Crippen LogP contribution in [0.25, 0.3) is 0 Å². The van der Waals surface area contributed by atoms with Gasteiger partial charge in [0.2, 0.25) is 0 Å². The molecule has 0 aliphatic carbocycles. The van der Waals surface area contributed by atoms with Crippen LogP contribution in [-0.4, -0.2) is 4.92 Å². The Hall–Kier alpha value is -2.56. The van der Waals surface area contributed by atoms with Crippen LogP contribution in [-0.2, 0) is 0 Å². The molecule has 0 amide bonds. The van der Waals surface area contributed by atoms with Gasteiger partial charge in [0.15, 0.2) is 0 Å². The van der Waals surface area contributed by atoms with Gasteiger partial charge in [-0.15, -0.1) is 0 Å². The maximum absolute atomic E-state index is 10.8. The molecule has 0 aliphatic rings. The van der Waals surface area contributed by atoms with Gasteiger partial charge in [-0.1, -0.05) is 26.0 Å². The monoisotopic (exact) mass is 271 g/mol. The number of nitro groups is 1. The first-order valence-corrected chi connectivity index (χ1v) is 6.37. The van der Waals surface area contributed by atoms with Crippen molar-refractivity contribution in [2.45, 2.75) is 19.8 Å². The number of nitrogens with two attached hydrogens (primary N) is 1. The minimum atomic E-state index is -0.455. The average Bonchev–Trinajstić information content (AvgIpc) is 2.38. The third-order valence-corrected chi connectivity index (χ3v) is 3.02. The summed E-state index contributed by atoms with van der Waals surface area (Å²) in [6.45, 7) is 4.26. The van der Waals surface area contributed by atoms with E-state index in [-0.39, 0.29) is 5.69 Å². The normalized spacial score (nSPS) is 10.6. The van der Waals surface area contributed by atoms with E-state index in [1.54, 1.807) is 6.07 Å². The van der Waals surface area contributed by atoms with Crippen molar-refractivity contribution in [3.63, 3.8) is 0 Å². The molecule has 2 aromatic rings. The second kappa shape index (κ2) is 5.61. The SMILES string of the molecule is CC(C)c1ccc(Nc2cc(N)cc([N+](=O)[O-])c2)cc1. The van der Waals surface area contributed by atoms with Gasteiger partial charge in [-0.3, -0.25) is 10.1 Å². The summed E-state index contributed by atoms with van der Waals surface area (Å²) in [6, 6.07) is 12.4. The molecule has 0 atom stereocenters. The van der Waals surface area contributed by atoms with Gasteiger partial charge in [0.1, 0.15) is 0 Å². The smallest absolute Gasteiger partial charge is 0.273 e. The largest absolute Gasteiger partial charge is 0.398 e. The van der Waals surface area contributed by atoms with Crippen molar-refractivity contribution < 1.29 is 4.92 Å². The van der Waals surface area contributed by atoms with Crippen LogP contribution in [0.4, 0.5) is 22.7 Å². The van der Waals surface area contributed by atoms with E-state index in [0.717, 1.165) is 5.69 Å². The summed E-state index contributed by atoms with van der Waals surface area (Å²) in [4.78, 5) is 10.3. The summed E-state index contributed by atoms with van der Waals surface area (Å²) in [5.74, 6) is 0.470. The third-order valence-electron chi connectivity index (χ3n) is 3.02. The Kier molecular flexibility index (Phi) is 3.89. The second-order valence-electron chi connectivity index (χ2n) is 4.97. The van der Waals surface area contributed by atoms with Crippen molar-refractivity contribution in [3.05, 3.63) is 58.1 Å². The van der Waals surface area contributed by atoms with E-state index in [2.05, 4.69) is 19.2 Å². The zero-order valence-electron chi connectivity index (χ0n) is 11.5. The van der Waals surface area contributed by atoms with Crippen LogP contribution in [0.1, 0.15) is 25.3 Å². The predicted octanol–water partition coefficient (Wildman–Crippen LogP) is 4.04. The highest BCUT2D eigenvalue weighted by molar-refractivity contribution is 5.67. The zero-order chi connectivity index (χ0) is 14.7. The molecule has 0 aromatic heterocycles. The highest BCUT2D eigenvalue weighted by Gasteiger charge is 2.08. The molecule has 2 rings (SSSR count). The Bertz CT molecular complexity index is 622. The minimum Gasteiger partial charge on any atom is -0.398 e. The third kappa shape index (κ3) is 3.26. The highest BCUT2D eigenvalue weighted by Crippen LogP contribution is 2.26. The molecule has 0 unspecified atom stereocenters. The number of benzene rings is 2. The molecule has 0 radical (unpaired) electrons. The maximum Gasteiger partial charge on any atom is 0.273 e. The van der Waals surface area contributed by atoms with Crippen LogP contribution in [0, 0.1) is 10.1 Å². The van der Waals surface area contributed by atoms with Crippen molar-refractivity contribution in [1.82, 2.24) is 0 Å². The number of nitrogens with zero attached hydrogens (tertiary/aromatic N) is 1. The molecule has 0 fully saturated rings. The standard InChI is InChI=1S/C15H17N3O2/c1-10(2)11-3-5-13(6-4-11)17-14-7-12(16)8-15(9-14)18(19)20/h3-10,17H,16H2,1-2H3. The van der Waals surface area contributed by atoms with Crippen LogP contribution < -0.4 is 11.1 Å². The number of nitrogens with one attached hydrogen (secondary N) is 1. The molecule has 20 heavy (non-hydrogen) atoms. The highest BCUT2D eigenvalue weighted by atomic mass is 16.6. The van der Waals surface area contributed by atoms with Gasteiger partial charge in [-0.25, -0.2) is 0 Å². The van der Waals surface area contributed by atoms with E-state index >= 15 is 0 Å². The molecular formula is C15H17N3O2. The lowest BCUT2D eigenvalue weighted by atomic mass is 10.0. The summed E-state index contributed by atoms with van der Waals surface area (Å²) < 4.78 is 0. The average molecular weight is 271 g/mol. The van der Waals surface area contributed by atoms with Crippen molar-refractivity contribution in [3.8, 4) is 0 Å². The fourth-order valence-corrected chi connectivity index (χ4v) is 1.93. The first-order valence-electron chi connectivity index (χ1n) is 6.37. The van der Waals surface area contributed by atoms with Gasteiger partial charge in [-0.2, -0.15) is 0 Å². The van der Waals surface area contributed by atoms with E-state index in [9.17, 15) is 10.1 Å². The molecule has 0 aliphatic heterocycles. The summed E-state index contributed by atoms with van der Waals surface area (Å²) in [5.41, 5.74) is 8.73. The number of rotatable bonds is 4. The Morgan fingerprint density at radius 3 is 2.30 bits per heavy atom. The predicted molar refractivity (Wildman–Crippen MR) is 81.3 cm³/mol. The van der Waals surface area contributed by atoms with Gasteiger partial charge in [0.05, 0.1) is 4.92 Å². The van der Waals surface area contributed by atoms with E-state index in [0.29, 0.717) is 17.3 Å². The second-order valence-corrected chi connectivity index (χ2v) is 4.97. The molecular weight excluding hydrogens is 254 g/mol. The Morgan fingerprint density at radius 1 is 1.10 bits per heavy atom. The van der Waals surface area contributed by atoms with Gasteiger partial charge >= 0.3 is 0 Å². The van der Waals surface area contributed by atoms with E-state index in [1.165, 1.54) is 17.7 Å². The summed E-state index contributed by atoms with van der Waals surface area (Å²) in [6.07, 6.45) is 0. The van der Waals surface area contributed by atoms with Crippen molar-refractivity contribution in [2.24, 2.45) is 0 Å². The number of anilines is 3. The van der Waals surface area contributed by atoms with Gasteiger partial charge in [0, 0.05) is 29.2 Å². The van der Waals surface area contributed by atoms with Crippen molar-refractivity contribution in [2.75, 3.05) is 11.1 Å². The van der Waals surface area contributed by atoms with Crippen molar-refractivity contribution in [1.29, 1.82) is 0 Å². The molecule has 0 bridgehead atoms. The molecule has 5 nitrogen and oxygen atoms in total. The number of nitrogen functional groups attached to an aromatic ring is 1. The number of hydrogen-bond donors (Lipinski definition) is 2. The Labute approximate surface area is 117 Å². The lowest BCUT2D eigenvalue weighted by Gasteiger charge is -2.10. The van der Waals surface area contributed by atoms with Crippen LogP contribution >= 0.6 is 0 Å². The van der Waals surface area contributed by atoms with E-state index in [1.807, 2.05) is 24.3 Å². The number of nitro benzene ring substituents is 1. The van der Waals surface area contributed by atoms with Gasteiger partial charge in [0.25, 0.3) is 5.69 Å². The Balaban J connectivity index is 2.23. The molecule has 5 heteroatoms. The van der Waals surface area contributed by atoms with Crippen LogP contribution in [0.15, 0.2) is 42.5 Å². The number of non-ortho nitro benzene ring substituents is 1. The fraction of sp³-hybridized carbons (Fsp3) is 0.200. The lowest BCUT2D eigenvalue weighted by Crippen LogP contribution is -1.96. The van der Waals surface area contributed by atoms with Gasteiger partial charge < -0.3 is 11.1 Å². The first kappa shape index (κ1) is 13.9. The Morgan fingerprint density at radius 2 is 1.75 bits per heavy atom. The van der Waals surface area contributed by atoms with Gasteiger partial charge in [-0.05, 0) is 29.7 Å². The van der Waals surface area contributed by atoms with Crippen LogP contribution in [0.3, 0.4) is 0 Å². The summed E-state index contributed by atoms with van der Waals surface area (Å²) in [5, 5.41) is 13.9. The van der Waals surface area contributed by atoms with Crippen molar-refractivity contribution >= 4 is 22.7 Å². The quantitative estimate of drug-likeness (QED) is 0.499. The zero-order valence-corrected chi connectivity index (χ0v) is 11.5. The fourth-order valence-electron chi connectivity index (χ4n) is 1.93. The first-order chi connectivity index (χ1) is 9.45.